The first-order chi connectivity index (χ1) is 11.6. The standard InChI is InChI=1S/C13H11F3O8S/c1-20-8-4-6-10(12(22-3)11(8)21-2)7(5-9(17)23-6)24-25(18,19)13(14,15)16/h4-5H,1-3H3. The van der Waals surface area contributed by atoms with Crippen LogP contribution < -0.4 is 24.0 Å². The largest absolute Gasteiger partial charge is 0.534 e. The normalized spacial score (nSPS) is 12.1. The van der Waals surface area contributed by atoms with Crippen LogP contribution in [0, 0.1) is 0 Å². The third-order valence-corrected chi connectivity index (χ3v) is 3.95. The van der Waals surface area contributed by atoms with Crippen LogP contribution in [-0.2, 0) is 10.1 Å². The van der Waals surface area contributed by atoms with E-state index in [1.807, 2.05) is 0 Å². The maximum Gasteiger partial charge on any atom is 0.534 e. The first-order valence-corrected chi connectivity index (χ1v) is 7.74. The minimum absolute atomic E-state index is 0.0332. The van der Waals surface area contributed by atoms with Crippen LogP contribution in [-0.4, -0.2) is 35.3 Å². The predicted octanol–water partition coefficient (Wildman–Crippen LogP) is 2.05. The van der Waals surface area contributed by atoms with Gasteiger partial charge in [0.15, 0.2) is 17.2 Å². The van der Waals surface area contributed by atoms with Gasteiger partial charge in [-0.3, -0.25) is 0 Å². The van der Waals surface area contributed by atoms with E-state index in [9.17, 15) is 26.4 Å². The molecule has 0 spiro atoms. The minimum atomic E-state index is -6.03. The Kier molecular flexibility index (Phi) is 4.75. The van der Waals surface area contributed by atoms with Gasteiger partial charge in [-0.25, -0.2) is 4.79 Å². The lowest BCUT2D eigenvalue weighted by atomic mass is 10.1. The molecule has 0 aliphatic carbocycles. The van der Waals surface area contributed by atoms with E-state index in [0.29, 0.717) is 6.07 Å². The average molecular weight is 384 g/mol. The number of halogens is 3. The fourth-order valence-electron chi connectivity index (χ4n) is 2.00. The summed E-state index contributed by atoms with van der Waals surface area (Å²) in [6.45, 7) is 0. The lowest BCUT2D eigenvalue weighted by molar-refractivity contribution is -0.0499. The Labute approximate surface area is 138 Å². The van der Waals surface area contributed by atoms with Gasteiger partial charge in [-0.15, -0.1) is 0 Å². The van der Waals surface area contributed by atoms with Crippen molar-refractivity contribution >= 4 is 21.1 Å². The number of ether oxygens (including phenoxy) is 3. The van der Waals surface area contributed by atoms with E-state index in [2.05, 4.69) is 4.18 Å². The second kappa shape index (κ2) is 6.35. The van der Waals surface area contributed by atoms with E-state index in [-0.39, 0.29) is 28.2 Å². The molecule has 0 fully saturated rings. The van der Waals surface area contributed by atoms with E-state index < -0.39 is 27.0 Å². The van der Waals surface area contributed by atoms with Gasteiger partial charge in [0.2, 0.25) is 5.75 Å². The molecule has 138 valence electrons. The second-order valence-electron chi connectivity index (χ2n) is 4.43. The molecule has 8 nitrogen and oxygen atoms in total. The predicted molar refractivity (Wildman–Crippen MR) is 77.7 cm³/mol. The molecule has 0 radical (unpaired) electrons. The van der Waals surface area contributed by atoms with Gasteiger partial charge in [-0.2, -0.15) is 21.6 Å². The van der Waals surface area contributed by atoms with Crippen LogP contribution in [0.1, 0.15) is 0 Å². The highest BCUT2D eigenvalue weighted by Crippen LogP contribution is 2.46. The summed E-state index contributed by atoms with van der Waals surface area (Å²) in [6.07, 6.45) is 0. The summed E-state index contributed by atoms with van der Waals surface area (Å²) < 4.78 is 84.3. The van der Waals surface area contributed by atoms with Crippen molar-refractivity contribution in [1.82, 2.24) is 0 Å². The first kappa shape index (κ1) is 18.7. The van der Waals surface area contributed by atoms with Crippen LogP contribution in [0.4, 0.5) is 13.2 Å². The number of hydrogen-bond acceptors (Lipinski definition) is 8. The molecule has 1 heterocycles. The lowest BCUT2D eigenvalue weighted by Crippen LogP contribution is -2.28. The molecule has 0 amide bonds. The molecule has 0 bridgehead atoms. The Morgan fingerprint density at radius 3 is 2.04 bits per heavy atom. The topological polar surface area (TPSA) is 101 Å². The van der Waals surface area contributed by atoms with Gasteiger partial charge in [0, 0.05) is 6.07 Å². The Morgan fingerprint density at radius 1 is 0.960 bits per heavy atom. The van der Waals surface area contributed by atoms with Gasteiger partial charge in [0.25, 0.3) is 0 Å². The molecule has 0 saturated heterocycles. The summed E-state index contributed by atoms with van der Waals surface area (Å²) in [7, 11) is -2.40. The zero-order valence-electron chi connectivity index (χ0n) is 13.0. The van der Waals surface area contributed by atoms with Crippen LogP contribution in [0.3, 0.4) is 0 Å². The summed E-state index contributed by atoms with van der Waals surface area (Å²) in [5.41, 5.74) is -7.16. The fourth-order valence-corrected chi connectivity index (χ4v) is 2.46. The molecule has 0 N–H and O–H groups in total. The van der Waals surface area contributed by atoms with Gasteiger partial charge < -0.3 is 22.8 Å². The summed E-state index contributed by atoms with van der Waals surface area (Å²) in [4.78, 5) is 11.6. The minimum Gasteiger partial charge on any atom is -0.493 e. The molecule has 1 aromatic heterocycles. The Bertz CT molecular complexity index is 962. The maximum atomic E-state index is 12.6. The van der Waals surface area contributed by atoms with Crippen molar-refractivity contribution in [3.63, 3.8) is 0 Å². The van der Waals surface area contributed by atoms with Crippen molar-refractivity contribution < 1.29 is 44.4 Å². The van der Waals surface area contributed by atoms with Crippen LogP contribution in [0.25, 0.3) is 11.0 Å². The lowest BCUT2D eigenvalue weighted by Gasteiger charge is -2.16. The SMILES string of the molecule is COc1cc2oc(=O)cc(OS(=O)(=O)C(F)(F)F)c2c(OC)c1OC. The average Bonchev–Trinajstić information content (AvgIpc) is 2.50. The summed E-state index contributed by atoms with van der Waals surface area (Å²) in [6, 6.07) is 1.56. The van der Waals surface area contributed by atoms with Crippen molar-refractivity contribution in [2.24, 2.45) is 0 Å². The summed E-state index contributed by atoms with van der Waals surface area (Å²) in [5.74, 6) is -1.21. The first-order valence-electron chi connectivity index (χ1n) is 6.33. The van der Waals surface area contributed by atoms with E-state index >= 15 is 0 Å². The van der Waals surface area contributed by atoms with Crippen LogP contribution >= 0.6 is 0 Å². The molecule has 2 rings (SSSR count). The van der Waals surface area contributed by atoms with Crippen LogP contribution in [0.5, 0.6) is 23.0 Å². The highest BCUT2D eigenvalue weighted by molar-refractivity contribution is 7.88. The van der Waals surface area contributed by atoms with Gasteiger partial charge in [0.1, 0.15) is 11.0 Å². The van der Waals surface area contributed by atoms with Gasteiger partial charge in [0.05, 0.1) is 27.4 Å². The third kappa shape index (κ3) is 3.29. The highest BCUT2D eigenvalue weighted by atomic mass is 32.2. The quantitative estimate of drug-likeness (QED) is 0.439. The number of fused-ring (bicyclic) bond motifs is 1. The monoisotopic (exact) mass is 384 g/mol. The van der Waals surface area contributed by atoms with E-state index in [4.69, 9.17) is 18.6 Å². The molecule has 1 aromatic carbocycles. The van der Waals surface area contributed by atoms with Crippen molar-refractivity contribution in [1.29, 1.82) is 0 Å². The number of alkyl halides is 3. The number of hydrogen-bond donors (Lipinski definition) is 0. The molecule has 12 heteroatoms. The molecule has 2 aromatic rings. The highest BCUT2D eigenvalue weighted by Gasteiger charge is 2.49. The molecule has 0 unspecified atom stereocenters. The fraction of sp³-hybridized carbons (Fsp3) is 0.308. The van der Waals surface area contributed by atoms with E-state index in [0.717, 1.165) is 13.2 Å². The van der Waals surface area contributed by atoms with E-state index in [1.165, 1.54) is 14.2 Å². The zero-order valence-corrected chi connectivity index (χ0v) is 13.8. The van der Waals surface area contributed by atoms with Crippen molar-refractivity contribution in [3.8, 4) is 23.0 Å². The third-order valence-electron chi connectivity index (χ3n) is 2.98. The zero-order chi connectivity index (χ0) is 19.0. The van der Waals surface area contributed by atoms with Gasteiger partial charge >= 0.3 is 21.3 Å². The Balaban J connectivity index is 2.88. The summed E-state index contributed by atoms with van der Waals surface area (Å²) in [5, 5.41) is -0.354. The summed E-state index contributed by atoms with van der Waals surface area (Å²) >= 11 is 0. The van der Waals surface area contributed by atoms with Crippen LogP contribution in [0.15, 0.2) is 21.3 Å². The molecule has 25 heavy (non-hydrogen) atoms. The number of methoxy groups -OCH3 is 3. The Morgan fingerprint density at radius 2 is 1.56 bits per heavy atom. The Hall–Kier alpha value is -2.63. The molecule has 0 aliphatic rings. The molecule has 0 saturated carbocycles. The van der Waals surface area contributed by atoms with Gasteiger partial charge in [-0.05, 0) is 0 Å². The van der Waals surface area contributed by atoms with Crippen molar-refractivity contribution in [2.75, 3.05) is 21.3 Å². The molecule has 0 aliphatic heterocycles. The van der Waals surface area contributed by atoms with Gasteiger partial charge in [-0.1, -0.05) is 0 Å². The van der Waals surface area contributed by atoms with E-state index in [1.54, 1.807) is 0 Å². The molecule has 0 atom stereocenters. The van der Waals surface area contributed by atoms with Crippen LogP contribution in [0.2, 0.25) is 0 Å². The molecular weight excluding hydrogens is 373 g/mol. The molecular formula is C13H11F3O8S. The second-order valence-corrected chi connectivity index (χ2v) is 5.97. The smallest absolute Gasteiger partial charge is 0.493 e. The van der Waals surface area contributed by atoms with Crippen molar-refractivity contribution in [2.45, 2.75) is 5.51 Å². The van der Waals surface area contributed by atoms with Crippen molar-refractivity contribution in [3.05, 3.63) is 22.6 Å². The number of benzene rings is 1. The number of rotatable bonds is 5. The maximum absolute atomic E-state index is 12.6.